The minimum absolute atomic E-state index is 0.230. The van der Waals surface area contributed by atoms with Crippen molar-refractivity contribution in [3.8, 4) is 0 Å². The van der Waals surface area contributed by atoms with E-state index in [1.54, 1.807) is 25.1 Å². The fourth-order valence-corrected chi connectivity index (χ4v) is 4.70. The molecule has 1 rings (SSSR count). The lowest BCUT2D eigenvalue weighted by atomic mass is 9.99. The fourth-order valence-electron chi connectivity index (χ4n) is 1.53. The summed E-state index contributed by atoms with van der Waals surface area (Å²) in [6.07, 6.45) is 1.78. The monoisotopic (exact) mass is 208 g/mol. The Kier molecular flexibility index (Phi) is 3.61. The molecule has 2 nitrogen and oxygen atoms in total. The van der Waals surface area contributed by atoms with E-state index >= 15 is 0 Å². The molecule has 0 N–H and O–H groups in total. The highest BCUT2D eigenvalue weighted by atomic mass is 32.2. The number of ether oxygens (including phenoxy) is 1. The lowest BCUT2D eigenvalue weighted by Gasteiger charge is -2.15. The zero-order valence-electron chi connectivity index (χ0n) is 7.94. The highest BCUT2D eigenvalue weighted by Crippen LogP contribution is 2.44. The lowest BCUT2D eigenvalue weighted by Crippen LogP contribution is -2.19. The quantitative estimate of drug-likeness (QED) is 0.690. The Hall–Kier alpha value is 0.460. The van der Waals surface area contributed by atoms with Gasteiger partial charge in [0.05, 0.1) is 4.58 Å². The molecule has 0 aromatic rings. The molecular formula is C8H16O2S2. The van der Waals surface area contributed by atoms with Crippen LogP contribution in [0.1, 0.15) is 13.8 Å². The summed E-state index contributed by atoms with van der Waals surface area (Å²) in [6, 6.07) is 0. The second-order valence-corrected chi connectivity index (χ2v) is 6.37. The topological polar surface area (TPSA) is 26.3 Å². The predicted molar refractivity (Wildman–Crippen MR) is 54.6 cm³/mol. The van der Waals surface area contributed by atoms with E-state index < -0.39 is 10.8 Å². The van der Waals surface area contributed by atoms with E-state index in [1.807, 2.05) is 0 Å². The first-order valence-corrected chi connectivity index (χ1v) is 6.64. The molecule has 1 fully saturated rings. The van der Waals surface area contributed by atoms with Crippen molar-refractivity contribution in [2.75, 3.05) is 13.4 Å². The summed E-state index contributed by atoms with van der Waals surface area (Å²) in [7, 11) is 0.993. The van der Waals surface area contributed by atoms with Crippen LogP contribution in [-0.4, -0.2) is 27.6 Å². The van der Waals surface area contributed by atoms with E-state index in [0.29, 0.717) is 11.8 Å². The van der Waals surface area contributed by atoms with Crippen LogP contribution in [0.2, 0.25) is 0 Å². The molecule has 0 amide bonds. The molecule has 0 bridgehead atoms. The predicted octanol–water partition coefficient (Wildman–Crippen LogP) is 1.68. The fraction of sp³-hybridized carbons (Fsp3) is 1.00. The van der Waals surface area contributed by atoms with Gasteiger partial charge >= 0.3 is 0 Å². The molecule has 72 valence electrons. The average Bonchev–Trinajstić information content (AvgIpc) is 2.30. The lowest BCUT2D eigenvalue weighted by molar-refractivity contribution is 0.120. The van der Waals surface area contributed by atoms with E-state index in [4.69, 9.17) is 4.74 Å². The Morgan fingerprint density at radius 2 is 1.92 bits per heavy atom. The molecule has 1 heterocycles. The van der Waals surface area contributed by atoms with Gasteiger partial charge in [-0.1, -0.05) is 13.8 Å². The summed E-state index contributed by atoms with van der Waals surface area (Å²) in [4.78, 5) is 0. The zero-order chi connectivity index (χ0) is 9.30. The highest BCUT2D eigenvalue weighted by Gasteiger charge is 2.40. The SMILES string of the molecule is CO[C@H]1S[C@H](S(C)=O)[C@@H](C)[C@H]1C. The normalized spacial score (nSPS) is 44.7. The molecule has 0 aromatic heterocycles. The molecule has 1 saturated heterocycles. The summed E-state index contributed by atoms with van der Waals surface area (Å²) < 4.78 is 16.9. The van der Waals surface area contributed by atoms with Crippen LogP contribution in [0.4, 0.5) is 0 Å². The van der Waals surface area contributed by atoms with Crippen LogP contribution in [0.25, 0.3) is 0 Å². The van der Waals surface area contributed by atoms with Gasteiger partial charge in [-0.3, -0.25) is 4.21 Å². The van der Waals surface area contributed by atoms with Crippen molar-refractivity contribution >= 4 is 22.6 Å². The Balaban J connectivity index is 2.66. The summed E-state index contributed by atoms with van der Waals surface area (Å²) in [5.74, 6) is 1.000. The van der Waals surface area contributed by atoms with Crippen molar-refractivity contribution in [2.45, 2.75) is 23.9 Å². The molecule has 4 heteroatoms. The number of hydrogen-bond donors (Lipinski definition) is 0. The van der Waals surface area contributed by atoms with Crippen LogP contribution in [0.3, 0.4) is 0 Å². The van der Waals surface area contributed by atoms with Crippen molar-refractivity contribution in [1.29, 1.82) is 0 Å². The van der Waals surface area contributed by atoms with Crippen molar-refractivity contribution in [2.24, 2.45) is 11.8 Å². The second-order valence-electron chi connectivity index (χ2n) is 3.33. The maximum absolute atomic E-state index is 11.3. The van der Waals surface area contributed by atoms with E-state index in [-0.39, 0.29) is 10.0 Å². The average molecular weight is 208 g/mol. The second kappa shape index (κ2) is 4.11. The molecule has 0 aliphatic carbocycles. The third kappa shape index (κ3) is 1.86. The van der Waals surface area contributed by atoms with Crippen LogP contribution in [0.15, 0.2) is 0 Å². The van der Waals surface area contributed by atoms with Gasteiger partial charge < -0.3 is 4.74 Å². The minimum atomic E-state index is -0.731. The highest BCUT2D eigenvalue weighted by molar-refractivity contribution is 8.11. The molecule has 1 unspecified atom stereocenters. The largest absolute Gasteiger partial charge is 0.371 e. The number of rotatable bonds is 2. The third-order valence-corrected chi connectivity index (χ3v) is 6.33. The minimum Gasteiger partial charge on any atom is -0.371 e. The van der Waals surface area contributed by atoms with Gasteiger partial charge in [-0.2, -0.15) is 0 Å². The molecule has 0 spiro atoms. The Labute approximate surface area is 80.9 Å². The van der Waals surface area contributed by atoms with Crippen LogP contribution in [-0.2, 0) is 15.5 Å². The van der Waals surface area contributed by atoms with Crippen LogP contribution in [0.5, 0.6) is 0 Å². The smallest absolute Gasteiger partial charge is 0.106 e. The molecule has 12 heavy (non-hydrogen) atoms. The van der Waals surface area contributed by atoms with E-state index in [0.717, 1.165) is 0 Å². The third-order valence-electron chi connectivity index (χ3n) is 2.52. The van der Waals surface area contributed by atoms with Crippen molar-refractivity contribution in [3.63, 3.8) is 0 Å². The van der Waals surface area contributed by atoms with Crippen molar-refractivity contribution < 1.29 is 8.95 Å². The van der Waals surface area contributed by atoms with E-state index in [9.17, 15) is 4.21 Å². The summed E-state index contributed by atoms with van der Waals surface area (Å²) in [5.41, 5.74) is 0.230. The van der Waals surface area contributed by atoms with Crippen LogP contribution in [0, 0.1) is 11.8 Å². The summed E-state index contributed by atoms with van der Waals surface area (Å²) in [6.45, 7) is 4.32. The standard InChI is InChI=1S/C8H16O2S2/c1-5-6(2)8(12(4)9)11-7(5)10-3/h5-8H,1-4H3/t5-,6+,7+,8-,12?/m1/s1. The van der Waals surface area contributed by atoms with Gasteiger partial charge in [-0.05, 0) is 11.8 Å². The molecular weight excluding hydrogens is 192 g/mol. The Morgan fingerprint density at radius 3 is 2.17 bits per heavy atom. The number of hydrogen-bond acceptors (Lipinski definition) is 3. The first-order chi connectivity index (χ1) is 5.57. The molecule has 0 radical (unpaired) electrons. The van der Waals surface area contributed by atoms with Crippen LogP contribution < -0.4 is 0 Å². The summed E-state index contributed by atoms with van der Waals surface area (Å²) >= 11 is 1.71. The van der Waals surface area contributed by atoms with Gasteiger partial charge in [0.2, 0.25) is 0 Å². The van der Waals surface area contributed by atoms with Gasteiger partial charge in [0.25, 0.3) is 0 Å². The zero-order valence-corrected chi connectivity index (χ0v) is 9.58. The molecule has 1 aliphatic heterocycles. The molecule has 0 aromatic carbocycles. The van der Waals surface area contributed by atoms with Gasteiger partial charge in [-0.25, -0.2) is 0 Å². The molecule has 1 aliphatic rings. The molecule has 5 atom stereocenters. The first-order valence-electron chi connectivity index (χ1n) is 4.08. The van der Waals surface area contributed by atoms with Crippen molar-refractivity contribution in [1.82, 2.24) is 0 Å². The van der Waals surface area contributed by atoms with Gasteiger partial charge in [0.15, 0.2) is 0 Å². The van der Waals surface area contributed by atoms with Gasteiger partial charge in [0, 0.05) is 24.2 Å². The summed E-state index contributed by atoms with van der Waals surface area (Å²) in [5, 5.41) is 0. The van der Waals surface area contributed by atoms with Gasteiger partial charge in [0.1, 0.15) is 5.44 Å². The van der Waals surface area contributed by atoms with Crippen LogP contribution >= 0.6 is 11.8 Å². The number of methoxy groups -OCH3 is 1. The maximum Gasteiger partial charge on any atom is 0.106 e. The van der Waals surface area contributed by atoms with E-state index in [1.165, 1.54) is 0 Å². The van der Waals surface area contributed by atoms with Gasteiger partial charge in [-0.15, -0.1) is 11.8 Å². The first kappa shape index (κ1) is 10.5. The molecule has 0 saturated carbocycles. The van der Waals surface area contributed by atoms with Crippen molar-refractivity contribution in [3.05, 3.63) is 0 Å². The Morgan fingerprint density at radius 1 is 1.33 bits per heavy atom. The maximum atomic E-state index is 11.3. The van der Waals surface area contributed by atoms with E-state index in [2.05, 4.69) is 13.8 Å². The number of thioether (sulfide) groups is 1. The Bertz CT molecular complexity index is 184.